The molecule has 2 N–H and O–H groups in total. The van der Waals surface area contributed by atoms with Crippen LogP contribution < -0.4 is 10.2 Å². The van der Waals surface area contributed by atoms with Crippen molar-refractivity contribution in [3.63, 3.8) is 0 Å². The number of hydrogen-bond acceptors (Lipinski definition) is 4. The van der Waals surface area contributed by atoms with Gasteiger partial charge >= 0.3 is 0 Å². The molecule has 0 saturated heterocycles. The summed E-state index contributed by atoms with van der Waals surface area (Å²) < 4.78 is 41.0. The van der Waals surface area contributed by atoms with Gasteiger partial charge in [0.1, 0.15) is 5.82 Å². The summed E-state index contributed by atoms with van der Waals surface area (Å²) in [7, 11) is -4.00. The number of aryl methyl sites for hydroxylation is 1. The molecule has 29 heavy (non-hydrogen) atoms. The molecule has 3 aromatic rings. The fourth-order valence-electron chi connectivity index (χ4n) is 2.50. The lowest BCUT2D eigenvalue weighted by Gasteiger charge is -2.11. The molecule has 1 amide bonds. The first-order valence-corrected chi connectivity index (χ1v) is 10.2. The van der Waals surface area contributed by atoms with Crippen molar-refractivity contribution >= 4 is 21.6 Å². The molecule has 0 saturated carbocycles. The van der Waals surface area contributed by atoms with E-state index in [1.165, 1.54) is 36.4 Å². The van der Waals surface area contributed by atoms with Crippen LogP contribution in [0.15, 0.2) is 77.7 Å². The van der Waals surface area contributed by atoms with Crippen molar-refractivity contribution in [3.05, 3.63) is 95.3 Å². The van der Waals surface area contributed by atoms with Gasteiger partial charge < -0.3 is 0 Å². The molecule has 0 fully saturated rings. The van der Waals surface area contributed by atoms with E-state index in [0.29, 0.717) is 5.56 Å². The number of hydrogen-bond donors (Lipinski definition) is 2. The number of sulfonamides is 1. The average Bonchev–Trinajstić information content (AvgIpc) is 2.70. The Hall–Kier alpha value is -3.23. The number of carbonyl (C=O) groups is 1. The van der Waals surface area contributed by atoms with E-state index in [4.69, 9.17) is 4.84 Å². The monoisotopic (exact) mass is 414 g/mol. The third-order valence-electron chi connectivity index (χ3n) is 4.08. The highest BCUT2D eigenvalue weighted by molar-refractivity contribution is 7.92. The molecular formula is C21H19FN2O4S. The van der Waals surface area contributed by atoms with Crippen LogP contribution in [0.5, 0.6) is 0 Å². The van der Waals surface area contributed by atoms with Crippen LogP contribution >= 0.6 is 0 Å². The summed E-state index contributed by atoms with van der Waals surface area (Å²) in [4.78, 5) is 17.2. The van der Waals surface area contributed by atoms with Crippen molar-refractivity contribution < 1.29 is 22.4 Å². The first-order valence-electron chi connectivity index (χ1n) is 8.70. The minimum atomic E-state index is -4.00. The highest BCUT2D eigenvalue weighted by atomic mass is 32.2. The van der Waals surface area contributed by atoms with Crippen LogP contribution in [-0.2, 0) is 21.5 Å². The van der Waals surface area contributed by atoms with Crippen LogP contribution in [0.4, 0.5) is 10.1 Å². The predicted molar refractivity (Wildman–Crippen MR) is 107 cm³/mol. The summed E-state index contributed by atoms with van der Waals surface area (Å²) in [6.45, 7) is 1.74. The van der Waals surface area contributed by atoms with Crippen LogP contribution in [0.25, 0.3) is 0 Å². The van der Waals surface area contributed by atoms with Crippen molar-refractivity contribution in [2.45, 2.75) is 18.4 Å². The lowest BCUT2D eigenvalue weighted by molar-refractivity contribution is 0.0233. The molecule has 0 unspecified atom stereocenters. The molecule has 0 bridgehead atoms. The molecule has 0 spiro atoms. The Morgan fingerprint density at radius 3 is 2.48 bits per heavy atom. The van der Waals surface area contributed by atoms with Gasteiger partial charge in [0.15, 0.2) is 0 Å². The Balaban J connectivity index is 1.66. The Bertz CT molecular complexity index is 1120. The largest absolute Gasteiger partial charge is 0.280 e. The van der Waals surface area contributed by atoms with Crippen molar-refractivity contribution in [1.29, 1.82) is 0 Å². The molecule has 0 aromatic heterocycles. The van der Waals surface area contributed by atoms with Crippen LogP contribution in [-0.4, -0.2) is 14.3 Å². The summed E-state index contributed by atoms with van der Waals surface area (Å²) >= 11 is 0. The van der Waals surface area contributed by atoms with Crippen LogP contribution in [0, 0.1) is 12.7 Å². The third kappa shape index (κ3) is 5.40. The highest BCUT2D eigenvalue weighted by Crippen LogP contribution is 2.19. The van der Waals surface area contributed by atoms with Gasteiger partial charge in [0.05, 0.1) is 11.5 Å². The van der Waals surface area contributed by atoms with Crippen molar-refractivity contribution in [3.8, 4) is 0 Å². The fraction of sp³-hybridized carbons (Fsp3) is 0.0952. The zero-order valence-electron chi connectivity index (χ0n) is 15.6. The van der Waals surface area contributed by atoms with Crippen LogP contribution in [0.3, 0.4) is 0 Å². The number of hydroxylamine groups is 1. The van der Waals surface area contributed by atoms with E-state index in [2.05, 4.69) is 10.2 Å². The van der Waals surface area contributed by atoms with Gasteiger partial charge in [-0.3, -0.25) is 14.4 Å². The summed E-state index contributed by atoms with van der Waals surface area (Å²) in [5, 5.41) is 0. The second kappa shape index (κ2) is 8.85. The molecular weight excluding hydrogens is 395 g/mol. The van der Waals surface area contributed by atoms with Gasteiger partial charge in [-0.1, -0.05) is 42.5 Å². The Labute approximate surface area is 168 Å². The van der Waals surface area contributed by atoms with E-state index in [1.807, 2.05) is 30.3 Å². The van der Waals surface area contributed by atoms with Gasteiger partial charge in [0, 0.05) is 11.3 Å². The quantitative estimate of drug-likeness (QED) is 0.576. The van der Waals surface area contributed by atoms with Crippen LogP contribution in [0.1, 0.15) is 21.5 Å². The molecule has 8 heteroatoms. The average molecular weight is 414 g/mol. The van der Waals surface area contributed by atoms with E-state index < -0.39 is 21.7 Å². The van der Waals surface area contributed by atoms with E-state index >= 15 is 0 Å². The number of halogens is 1. The maximum absolute atomic E-state index is 13.7. The molecule has 0 heterocycles. The number of anilines is 1. The predicted octanol–water partition coefficient (Wildman–Crippen LogP) is 3.80. The Morgan fingerprint density at radius 1 is 1.00 bits per heavy atom. The summed E-state index contributed by atoms with van der Waals surface area (Å²) in [6.07, 6.45) is 0. The van der Waals surface area contributed by atoms with Gasteiger partial charge in [-0.2, -0.15) is 0 Å². The Kier molecular flexibility index (Phi) is 6.26. The number of benzene rings is 3. The third-order valence-corrected chi connectivity index (χ3v) is 5.46. The van der Waals surface area contributed by atoms with Crippen LogP contribution in [0.2, 0.25) is 0 Å². The minimum Gasteiger partial charge on any atom is -0.280 e. The number of amides is 1. The molecule has 0 atom stereocenters. The SMILES string of the molecule is Cc1ccc(S(=O)(=O)Nc2cccc(C(=O)NOCc3ccccc3)c2)cc1F. The van der Waals surface area contributed by atoms with Gasteiger partial charge in [0.25, 0.3) is 15.9 Å². The first kappa shape index (κ1) is 20.5. The smallest absolute Gasteiger partial charge is 0.274 e. The molecule has 0 radical (unpaired) electrons. The van der Waals surface area contributed by atoms with Gasteiger partial charge in [-0.25, -0.2) is 18.3 Å². The zero-order valence-corrected chi connectivity index (χ0v) is 16.4. The molecule has 3 rings (SSSR count). The zero-order chi connectivity index (χ0) is 20.9. The number of nitrogens with one attached hydrogen (secondary N) is 2. The van der Waals surface area contributed by atoms with E-state index in [0.717, 1.165) is 11.6 Å². The lowest BCUT2D eigenvalue weighted by Crippen LogP contribution is -2.23. The van der Waals surface area contributed by atoms with Crippen molar-refractivity contribution in [2.75, 3.05) is 4.72 Å². The molecule has 3 aromatic carbocycles. The van der Waals surface area contributed by atoms with E-state index in [-0.39, 0.29) is 22.8 Å². The van der Waals surface area contributed by atoms with E-state index in [1.54, 1.807) is 6.92 Å². The van der Waals surface area contributed by atoms with E-state index in [9.17, 15) is 17.6 Å². The summed E-state index contributed by atoms with van der Waals surface area (Å²) in [5.74, 6) is -1.14. The maximum atomic E-state index is 13.7. The summed E-state index contributed by atoms with van der Waals surface area (Å²) in [5.41, 5.74) is 3.92. The molecule has 6 nitrogen and oxygen atoms in total. The molecule has 0 aliphatic carbocycles. The second-order valence-electron chi connectivity index (χ2n) is 6.30. The first-order chi connectivity index (χ1) is 13.8. The molecule has 150 valence electrons. The lowest BCUT2D eigenvalue weighted by atomic mass is 10.2. The molecule has 0 aliphatic heterocycles. The number of carbonyl (C=O) groups excluding carboxylic acids is 1. The van der Waals surface area contributed by atoms with Gasteiger partial charge in [0.2, 0.25) is 0 Å². The van der Waals surface area contributed by atoms with Gasteiger partial charge in [-0.05, 0) is 48.4 Å². The maximum Gasteiger partial charge on any atom is 0.274 e. The minimum absolute atomic E-state index is 0.168. The Morgan fingerprint density at radius 2 is 1.76 bits per heavy atom. The normalized spacial score (nSPS) is 11.1. The van der Waals surface area contributed by atoms with Crippen molar-refractivity contribution in [1.82, 2.24) is 5.48 Å². The standard InChI is InChI=1S/C21H19FN2O4S/c1-15-10-11-19(13-20(15)22)29(26,27)24-18-9-5-8-17(12-18)21(25)23-28-14-16-6-3-2-4-7-16/h2-13,24H,14H2,1H3,(H,23,25). The molecule has 0 aliphatic rings. The topological polar surface area (TPSA) is 84.5 Å². The van der Waals surface area contributed by atoms with Crippen molar-refractivity contribution in [2.24, 2.45) is 0 Å². The summed E-state index contributed by atoms with van der Waals surface area (Å²) in [6, 6.07) is 18.9. The fourth-order valence-corrected chi connectivity index (χ4v) is 3.56. The second-order valence-corrected chi connectivity index (χ2v) is 7.99. The highest BCUT2D eigenvalue weighted by Gasteiger charge is 2.16. The number of rotatable bonds is 7. The van der Waals surface area contributed by atoms with Gasteiger partial charge in [-0.15, -0.1) is 0 Å².